The number of allylic oxidation sites excluding steroid dienone is 2. The molecule has 0 spiro atoms. The number of anilines is 2. The van der Waals surface area contributed by atoms with Gasteiger partial charge in [0.05, 0.1) is 11.8 Å². The minimum absolute atomic E-state index is 0.210. The lowest BCUT2D eigenvalue weighted by Gasteiger charge is -2.21. The van der Waals surface area contributed by atoms with Crippen molar-refractivity contribution in [2.75, 3.05) is 17.2 Å². The summed E-state index contributed by atoms with van der Waals surface area (Å²) in [6, 6.07) is 5.31. The molecule has 2 N–H and O–H groups in total. The molecule has 1 aliphatic carbocycles. The molecular formula is C21H23N3O6. The SMILES string of the molecule is CC(=O)Nc1ccc(NC(=O)COC(=O)[C@H](C)N2C(=O)[C@H]3CC=CC[C@H]3C2=O)cc1. The zero-order valence-corrected chi connectivity index (χ0v) is 16.7. The van der Waals surface area contributed by atoms with Gasteiger partial charge >= 0.3 is 5.97 Å². The third-order valence-electron chi connectivity index (χ3n) is 5.10. The molecule has 30 heavy (non-hydrogen) atoms. The number of hydrogen-bond donors (Lipinski definition) is 2. The highest BCUT2D eigenvalue weighted by atomic mass is 16.5. The van der Waals surface area contributed by atoms with Gasteiger partial charge in [0.25, 0.3) is 5.91 Å². The summed E-state index contributed by atoms with van der Waals surface area (Å²) in [6.07, 6.45) is 4.70. The van der Waals surface area contributed by atoms with Gasteiger partial charge in [0.15, 0.2) is 6.61 Å². The number of hydrogen-bond acceptors (Lipinski definition) is 6. The van der Waals surface area contributed by atoms with Gasteiger partial charge in [0.2, 0.25) is 17.7 Å². The Morgan fingerprint density at radius 3 is 2.00 bits per heavy atom. The Bertz CT molecular complexity index is 882. The highest BCUT2D eigenvalue weighted by Gasteiger charge is 2.50. The summed E-state index contributed by atoms with van der Waals surface area (Å²) in [7, 11) is 0. The summed E-state index contributed by atoms with van der Waals surface area (Å²) in [5.41, 5.74) is 1.04. The number of likely N-dealkylation sites (tertiary alicyclic amines) is 1. The largest absolute Gasteiger partial charge is 0.454 e. The van der Waals surface area contributed by atoms with Crippen molar-refractivity contribution < 1.29 is 28.7 Å². The number of rotatable bonds is 6. The van der Waals surface area contributed by atoms with Crippen molar-refractivity contribution >= 4 is 41.0 Å². The van der Waals surface area contributed by atoms with Gasteiger partial charge in [-0.15, -0.1) is 0 Å². The lowest BCUT2D eigenvalue weighted by atomic mass is 9.85. The maximum Gasteiger partial charge on any atom is 0.329 e. The van der Waals surface area contributed by atoms with Crippen molar-refractivity contribution in [3.63, 3.8) is 0 Å². The monoisotopic (exact) mass is 413 g/mol. The predicted octanol–water partition coefficient (Wildman–Crippen LogP) is 1.47. The zero-order valence-electron chi connectivity index (χ0n) is 16.7. The first-order valence-electron chi connectivity index (χ1n) is 9.64. The fourth-order valence-electron chi connectivity index (χ4n) is 3.61. The molecule has 0 radical (unpaired) electrons. The Balaban J connectivity index is 1.51. The van der Waals surface area contributed by atoms with Crippen molar-refractivity contribution in [1.82, 2.24) is 4.90 Å². The molecule has 2 aliphatic rings. The number of nitrogens with zero attached hydrogens (tertiary/aromatic N) is 1. The van der Waals surface area contributed by atoms with Crippen LogP contribution in [0.4, 0.5) is 11.4 Å². The van der Waals surface area contributed by atoms with E-state index in [1.165, 1.54) is 13.8 Å². The smallest absolute Gasteiger partial charge is 0.329 e. The maximum absolute atomic E-state index is 12.5. The van der Waals surface area contributed by atoms with Crippen LogP contribution in [0.3, 0.4) is 0 Å². The first kappa shape index (κ1) is 21.2. The molecule has 158 valence electrons. The second-order valence-electron chi connectivity index (χ2n) is 7.29. The molecule has 0 unspecified atom stereocenters. The summed E-state index contributed by atoms with van der Waals surface area (Å²) < 4.78 is 5.01. The molecule has 0 bridgehead atoms. The molecular weight excluding hydrogens is 390 g/mol. The maximum atomic E-state index is 12.5. The van der Waals surface area contributed by atoms with Crippen LogP contribution in [0.1, 0.15) is 26.7 Å². The quantitative estimate of drug-likeness (QED) is 0.414. The fraction of sp³-hybridized carbons (Fsp3) is 0.381. The van der Waals surface area contributed by atoms with E-state index >= 15 is 0 Å². The number of carbonyl (C=O) groups excluding carboxylic acids is 5. The van der Waals surface area contributed by atoms with Crippen LogP contribution in [0.5, 0.6) is 0 Å². The van der Waals surface area contributed by atoms with E-state index < -0.39 is 36.4 Å². The van der Waals surface area contributed by atoms with Gasteiger partial charge in [-0.2, -0.15) is 0 Å². The van der Waals surface area contributed by atoms with E-state index in [1.807, 2.05) is 12.2 Å². The number of amides is 4. The fourth-order valence-corrected chi connectivity index (χ4v) is 3.61. The van der Waals surface area contributed by atoms with Crippen LogP contribution in [0.15, 0.2) is 36.4 Å². The molecule has 4 amide bonds. The molecule has 1 heterocycles. The summed E-state index contributed by atoms with van der Waals surface area (Å²) in [4.78, 5) is 61.4. The highest BCUT2D eigenvalue weighted by Crippen LogP contribution is 2.36. The van der Waals surface area contributed by atoms with E-state index in [9.17, 15) is 24.0 Å². The number of nitrogens with one attached hydrogen (secondary N) is 2. The number of carbonyl (C=O) groups is 5. The van der Waals surface area contributed by atoms with Gasteiger partial charge < -0.3 is 15.4 Å². The van der Waals surface area contributed by atoms with Crippen molar-refractivity contribution in [3.05, 3.63) is 36.4 Å². The van der Waals surface area contributed by atoms with Crippen LogP contribution in [0.25, 0.3) is 0 Å². The third kappa shape index (κ3) is 4.56. The van der Waals surface area contributed by atoms with Crippen LogP contribution in [0.2, 0.25) is 0 Å². The van der Waals surface area contributed by atoms with E-state index in [0.29, 0.717) is 24.2 Å². The first-order chi connectivity index (χ1) is 14.3. The molecule has 1 saturated heterocycles. The van der Waals surface area contributed by atoms with Crippen molar-refractivity contribution in [2.24, 2.45) is 11.8 Å². The molecule has 3 rings (SSSR count). The van der Waals surface area contributed by atoms with Gasteiger partial charge in [0, 0.05) is 18.3 Å². The average Bonchev–Trinajstić information content (AvgIpc) is 2.97. The molecule has 0 aromatic heterocycles. The number of esters is 1. The Labute approximate surface area is 173 Å². The Morgan fingerprint density at radius 2 is 1.50 bits per heavy atom. The highest BCUT2D eigenvalue weighted by molar-refractivity contribution is 6.08. The number of benzene rings is 1. The van der Waals surface area contributed by atoms with E-state index in [2.05, 4.69) is 10.6 Å². The molecule has 1 aromatic rings. The first-order valence-corrected chi connectivity index (χ1v) is 9.64. The number of imide groups is 1. The van der Waals surface area contributed by atoms with Crippen LogP contribution < -0.4 is 10.6 Å². The molecule has 1 aromatic carbocycles. The summed E-state index contributed by atoms with van der Waals surface area (Å²) >= 11 is 0. The van der Waals surface area contributed by atoms with E-state index in [4.69, 9.17) is 4.74 Å². The minimum atomic E-state index is -1.10. The Kier molecular flexibility index (Phi) is 6.29. The van der Waals surface area contributed by atoms with Crippen LogP contribution in [-0.2, 0) is 28.7 Å². The molecule has 1 aliphatic heterocycles. The van der Waals surface area contributed by atoms with Crippen LogP contribution in [-0.4, -0.2) is 47.1 Å². The van der Waals surface area contributed by atoms with E-state index in [1.54, 1.807) is 24.3 Å². The second-order valence-corrected chi connectivity index (χ2v) is 7.29. The predicted molar refractivity (Wildman–Crippen MR) is 107 cm³/mol. The molecule has 9 heteroatoms. The van der Waals surface area contributed by atoms with Crippen molar-refractivity contribution in [1.29, 1.82) is 0 Å². The van der Waals surface area contributed by atoms with Crippen LogP contribution >= 0.6 is 0 Å². The summed E-state index contributed by atoms with van der Waals surface area (Å²) in [5.74, 6) is -3.20. The third-order valence-corrected chi connectivity index (χ3v) is 5.10. The summed E-state index contributed by atoms with van der Waals surface area (Å²) in [5, 5.41) is 5.17. The average molecular weight is 413 g/mol. The molecule has 9 nitrogen and oxygen atoms in total. The Morgan fingerprint density at radius 1 is 1.00 bits per heavy atom. The van der Waals surface area contributed by atoms with Crippen molar-refractivity contribution in [2.45, 2.75) is 32.7 Å². The molecule has 1 fully saturated rings. The topological polar surface area (TPSA) is 122 Å². The number of ether oxygens (including phenoxy) is 1. The summed E-state index contributed by atoms with van der Waals surface area (Å²) in [6.45, 7) is 2.25. The lowest BCUT2D eigenvalue weighted by Crippen LogP contribution is -2.45. The van der Waals surface area contributed by atoms with Gasteiger partial charge in [-0.05, 0) is 44.0 Å². The normalized spacial score (nSPS) is 21.1. The molecule has 3 atom stereocenters. The van der Waals surface area contributed by atoms with Gasteiger partial charge in [-0.25, -0.2) is 4.79 Å². The van der Waals surface area contributed by atoms with E-state index in [-0.39, 0.29) is 17.7 Å². The molecule has 0 saturated carbocycles. The standard InChI is InChI=1S/C21H23N3O6/c1-12(24-19(27)16-5-3-4-6-17(16)20(24)28)21(29)30-11-18(26)23-15-9-7-14(8-10-15)22-13(2)25/h3-4,7-10,12,16-17H,5-6,11H2,1-2H3,(H,22,25)(H,23,26)/t12-,16-,17+/m0/s1. The van der Waals surface area contributed by atoms with Gasteiger partial charge in [-0.3, -0.25) is 24.1 Å². The minimum Gasteiger partial charge on any atom is -0.454 e. The van der Waals surface area contributed by atoms with Crippen LogP contribution in [0, 0.1) is 11.8 Å². The number of fused-ring (bicyclic) bond motifs is 1. The van der Waals surface area contributed by atoms with E-state index in [0.717, 1.165) is 4.90 Å². The zero-order chi connectivity index (χ0) is 21.8. The lowest BCUT2D eigenvalue weighted by molar-refractivity contribution is -0.159. The second kappa shape index (κ2) is 8.89. The van der Waals surface area contributed by atoms with Gasteiger partial charge in [0.1, 0.15) is 6.04 Å². The van der Waals surface area contributed by atoms with Gasteiger partial charge in [-0.1, -0.05) is 12.2 Å². The Hall–Kier alpha value is -3.49. The van der Waals surface area contributed by atoms with Crippen molar-refractivity contribution in [3.8, 4) is 0 Å².